The molecular weight excluding hydrogens is 344 g/mol. The van der Waals surface area contributed by atoms with E-state index in [1.807, 2.05) is 24.3 Å². The Hall–Kier alpha value is -3.07. The van der Waals surface area contributed by atoms with E-state index in [-0.39, 0.29) is 5.91 Å². The maximum absolute atomic E-state index is 13.7. The van der Waals surface area contributed by atoms with E-state index in [2.05, 4.69) is 65.7 Å². The van der Waals surface area contributed by atoms with Crippen molar-refractivity contribution in [3.63, 3.8) is 0 Å². The van der Waals surface area contributed by atoms with Gasteiger partial charge in [0.1, 0.15) is 5.66 Å². The summed E-state index contributed by atoms with van der Waals surface area (Å²) in [5, 5.41) is 3.79. The number of amides is 1. The summed E-state index contributed by atoms with van der Waals surface area (Å²) in [7, 11) is 0. The van der Waals surface area contributed by atoms with Gasteiger partial charge < -0.3 is 10.2 Å². The van der Waals surface area contributed by atoms with Crippen LogP contribution < -0.4 is 5.32 Å². The molecule has 1 atom stereocenters. The van der Waals surface area contributed by atoms with E-state index in [4.69, 9.17) is 0 Å². The lowest BCUT2D eigenvalue weighted by atomic mass is 9.79. The lowest BCUT2D eigenvalue weighted by Crippen LogP contribution is -2.58. The van der Waals surface area contributed by atoms with Crippen LogP contribution in [0.2, 0.25) is 0 Å². The molecule has 1 spiro atoms. The third kappa shape index (κ3) is 2.62. The quantitative estimate of drug-likeness (QED) is 0.670. The standard InChI is InChI=1S/C25H24N2O/c1-18-12-14-19(15-13-18)17-27-24(28)21-9-3-5-11-23(21)26-25(27)16-6-8-20-7-2-4-10-22(20)25/h2-5,7,9-15,26H,6,8,16-17H2,1H3/t25-/m1/s1. The molecule has 1 amide bonds. The van der Waals surface area contributed by atoms with Crippen molar-refractivity contribution in [3.05, 3.63) is 101 Å². The van der Waals surface area contributed by atoms with Gasteiger partial charge in [0.15, 0.2) is 0 Å². The van der Waals surface area contributed by atoms with E-state index < -0.39 is 5.66 Å². The molecule has 28 heavy (non-hydrogen) atoms. The van der Waals surface area contributed by atoms with Crippen molar-refractivity contribution in [2.75, 3.05) is 5.32 Å². The zero-order valence-electron chi connectivity index (χ0n) is 16.1. The van der Waals surface area contributed by atoms with Crippen molar-refractivity contribution in [2.24, 2.45) is 0 Å². The van der Waals surface area contributed by atoms with Gasteiger partial charge in [0, 0.05) is 17.8 Å². The molecule has 140 valence electrons. The van der Waals surface area contributed by atoms with Gasteiger partial charge in [-0.15, -0.1) is 0 Å². The number of anilines is 1. The second kappa shape index (κ2) is 6.52. The van der Waals surface area contributed by atoms with Gasteiger partial charge in [-0.2, -0.15) is 0 Å². The predicted molar refractivity (Wildman–Crippen MR) is 112 cm³/mol. The number of benzene rings is 3. The SMILES string of the molecule is Cc1ccc(CN2C(=O)c3ccccc3N[C@]23CCCc2ccccc23)cc1. The fourth-order valence-electron chi connectivity index (χ4n) is 4.69. The smallest absolute Gasteiger partial charge is 0.258 e. The van der Waals surface area contributed by atoms with Crippen molar-refractivity contribution in [3.8, 4) is 0 Å². The number of hydrogen-bond donors (Lipinski definition) is 1. The van der Waals surface area contributed by atoms with Crippen molar-refractivity contribution in [1.82, 2.24) is 4.90 Å². The number of carbonyl (C=O) groups is 1. The van der Waals surface area contributed by atoms with Gasteiger partial charge in [-0.25, -0.2) is 0 Å². The topological polar surface area (TPSA) is 32.3 Å². The van der Waals surface area contributed by atoms with Crippen LogP contribution in [0.4, 0.5) is 5.69 Å². The molecule has 0 saturated carbocycles. The summed E-state index contributed by atoms with van der Waals surface area (Å²) < 4.78 is 0. The average Bonchev–Trinajstić information content (AvgIpc) is 2.73. The molecule has 1 aliphatic carbocycles. The van der Waals surface area contributed by atoms with Crippen molar-refractivity contribution < 1.29 is 4.79 Å². The molecule has 0 unspecified atom stereocenters. The van der Waals surface area contributed by atoms with Crippen LogP contribution in [0.1, 0.15) is 45.5 Å². The van der Waals surface area contributed by atoms with Gasteiger partial charge in [-0.3, -0.25) is 4.79 Å². The first kappa shape index (κ1) is 17.1. The van der Waals surface area contributed by atoms with Crippen LogP contribution in [-0.2, 0) is 18.6 Å². The largest absolute Gasteiger partial charge is 0.358 e. The van der Waals surface area contributed by atoms with Crippen molar-refractivity contribution in [1.29, 1.82) is 0 Å². The molecule has 3 aromatic rings. The Morgan fingerprint density at radius 3 is 2.57 bits per heavy atom. The van der Waals surface area contributed by atoms with Crippen LogP contribution in [0.25, 0.3) is 0 Å². The van der Waals surface area contributed by atoms with E-state index in [1.54, 1.807) is 0 Å². The molecule has 3 heteroatoms. The molecule has 0 bridgehead atoms. The van der Waals surface area contributed by atoms with E-state index >= 15 is 0 Å². The summed E-state index contributed by atoms with van der Waals surface area (Å²) in [4.78, 5) is 15.7. The first-order chi connectivity index (χ1) is 13.7. The maximum Gasteiger partial charge on any atom is 0.258 e. The monoisotopic (exact) mass is 368 g/mol. The molecule has 2 aliphatic rings. The summed E-state index contributed by atoms with van der Waals surface area (Å²) in [6.45, 7) is 2.68. The number of rotatable bonds is 2. The number of nitrogens with zero attached hydrogens (tertiary/aromatic N) is 1. The van der Waals surface area contributed by atoms with Gasteiger partial charge >= 0.3 is 0 Å². The lowest BCUT2D eigenvalue weighted by molar-refractivity contribution is 0.0417. The van der Waals surface area contributed by atoms with E-state index in [9.17, 15) is 4.79 Å². The highest BCUT2D eigenvalue weighted by atomic mass is 16.2. The molecule has 3 aromatic carbocycles. The molecule has 1 N–H and O–H groups in total. The molecule has 0 fully saturated rings. The summed E-state index contributed by atoms with van der Waals surface area (Å²) in [5.41, 5.74) is 6.15. The normalized spacial score (nSPS) is 20.5. The number of carbonyl (C=O) groups excluding carboxylic acids is 1. The molecular formula is C25H24N2O. The zero-order chi connectivity index (χ0) is 19.1. The van der Waals surface area contributed by atoms with E-state index in [0.717, 1.165) is 36.1 Å². The number of para-hydroxylation sites is 1. The number of hydrogen-bond acceptors (Lipinski definition) is 2. The minimum Gasteiger partial charge on any atom is -0.358 e. The lowest BCUT2D eigenvalue weighted by Gasteiger charge is -2.51. The minimum absolute atomic E-state index is 0.103. The molecule has 5 rings (SSSR count). The second-order valence-corrected chi connectivity index (χ2v) is 7.92. The second-order valence-electron chi connectivity index (χ2n) is 7.92. The Kier molecular flexibility index (Phi) is 3.97. The van der Waals surface area contributed by atoms with Crippen LogP contribution in [0.3, 0.4) is 0 Å². The van der Waals surface area contributed by atoms with Gasteiger partial charge in [0.05, 0.1) is 5.56 Å². The highest BCUT2D eigenvalue weighted by molar-refractivity contribution is 6.02. The predicted octanol–water partition coefficient (Wildman–Crippen LogP) is 5.25. The zero-order valence-corrected chi connectivity index (χ0v) is 16.1. The average molecular weight is 368 g/mol. The van der Waals surface area contributed by atoms with Gasteiger partial charge in [-0.1, -0.05) is 66.2 Å². The Morgan fingerprint density at radius 1 is 0.964 bits per heavy atom. The molecule has 0 radical (unpaired) electrons. The summed E-state index contributed by atoms with van der Waals surface area (Å²) in [6.07, 6.45) is 3.04. The first-order valence-corrected chi connectivity index (χ1v) is 10.0. The van der Waals surface area contributed by atoms with Crippen molar-refractivity contribution >= 4 is 11.6 Å². The summed E-state index contributed by atoms with van der Waals surface area (Å²) in [5.74, 6) is 0.103. The van der Waals surface area contributed by atoms with Crippen LogP contribution in [0.15, 0.2) is 72.8 Å². The summed E-state index contributed by atoms with van der Waals surface area (Å²) >= 11 is 0. The molecule has 0 aromatic heterocycles. The molecule has 1 aliphatic heterocycles. The van der Waals surface area contributed by atoms with Gasteiger partial charge in [-0.05, 0) is 49.4 Å². The van der Waals surface area contributed by atoms with E-state index in [1.165, 1.54) is 16.7 Å². The van der Waals surface area contributed by atoms with Crippen LogP contribution in [-0.4, -0.2) is 10.8 Å². The Bertz CT molecular complexity index is 1040. The Morgan fingerprint density at radius 2 is 1.71 bits per heavy atom. The van der Waals surface area contributed by atoms with Gasteiger partial charge in [0.2, 0.25) is 0 Å². The fraction of sp³-hybridized carbons (Fsp3) is 0.240. The third-order valence-electron chi connectivity index (χ3n) is 6.11. The highest BCUT2D eigenvalue weighted by Crippen LogP contribution is 2.45. The molecule has 3 nitrogen and oxygen atoms in total. The van der Waals surface area contributed by atoms with E-state index in [0.29, 0.717) is 6.54 Å². The number of aryl methyl sites for hydroxylation is 2. The van der Waals surface area contributed by atoms with Crippen LogP contribution in [0.5, 0.6) is 0 Å². The molecule has 1 heterocycles. The third-order valence-corrected chi connectivity index (χ3v) is 6.11. The van der Waals surface area contributed by atoms with Gasteiger partial charge in [0.25, 0.3) is 5.91 Å². The van der Waals surface area contributed by atoms with Crippen LogP contribution in [0, 0.1) is 6.92 Å². The fourth-order valence-corrected chi connectivity index (χ4v) is 4.69. The highest BCUT2D eigenvalue weighted by Gasteiger charge is 2.47. The number of nitrogens with one attached hydrogen (secondary N) is 1. The maximum atomic E-state index is 13.7. The minimum atomic E-state index is -0.495. The first-order valence-electron chi connectivity index (χ1n) is 10.0. The Labute approximate surface area is 166 Å². The Balaban J connectivity index is 1.67. The molecule has 0 saturated heterocycles. The van der Waals surface area contributed by atoms with Crippen molar-refractivity contribution in [2.45, 2.75) is 38.4 Å². The van der Waals surface area contributed by atoms with Crippen LogP contribution >= 0.6 is 0 Å². The number of fused-ring (bicyclic) bond motifs is 3. The summed E-state index contributed by atoms with van der Waals surface area (Å²) in [6, 6.07) is 25.0.